The van der Waals surface area contributed by atoms with Crippen LogP contribution in [0.15, 0.2) is 0 Å². The third-order valence-electron chi connectivity index (χ3n) is 3.83. The number of aliphatic carboxylic acids is 1. The monoisotopic (exact) mass is 311 g/mol. The molecule has 7 heteroatoms. The molecule has 1 aliphatic carbocycles. The van der Waals surface area contributed by atoms with Crippen molar-refractivity contribution in [2.45, 2.75) is 63.8 Å². The predicted octanol–water partition coefficient (Wildman–Crippen LogP) is 2.35. The molecule has 0 atom stereocenters. The molecule has 1 heterocycles. The number of nitrogens with zero attached hydrogens (tertiary/aromatic N) is 2. The fourth-order valence-electron chi connectivity index (χ4n) is 2.82. The molecule has 0 unspecified atom stereocenters. The van der Waals surface area contributed by atoms with Crippen molar-refractivity contribution in [3.05, 3.63) is 10.6 Å². The molecule has 0 spiro atoms. The average molecular weight is 311 g/mol. The summed E-state index contributed by atoms with van der Waals surface area (Å²) in [6.45, 7) is 5.93. The summed E-state index contributed by atoms with van der Waals surface area (Å²) in [4.78, 5) is 24.1. The molecule has 0 radical (unpaired) electrons. The van der Waals surface area contributed by atoms with Crippen molar-refractivity contribution >= 4 is 23.4 Å². The van der Waals surface area contributed by atoms with Crippen LogP contribution in [0.1, 0.15) is 68.2 Å². The normalized spacial score (nSPS) is 17.7. The van der Waals surface area contributed by atoms with Gasteiger partial charge in [-0.15, -0.1) is 5.10 Å². The molecule has 1 aliphatic rings. The second kappa shape index (κ2) is 5.71. The lowest BCUT2D eigenvalue weighted by atomic mass is 9.90. The topological polar surface area (TPSA) is 92.2 Å². The minimum absolute atomic E-state index is 0.0319. The number of hydrogen-bond donors (Lipinski definition) is 2. The van der Waals surface area contributed by atoms with Gasteiger partial charge in [-0.25, -0.2) is 0 Å². The number of amides is 1. The largest absolute Gasteiger partial charge is 0.481 e. The van der Waals surface area contributed by atoms with Gasteiger partial charge in [0.25, 0.3) is 5.91 Å². The van der Waals surface area contributed by atoms with Crippen molar-refractivity contribution in [1.82, 2.24) is 14.9 Å². The summed E-state index contributed by atoms with van der Waals surface area (Å²) >= 11 is 1.06. The minimum atomic E-state index is -0.879. The molecule has 116 valence electrons. The molecule has 0 saturated heterocycles. The zero-order valence-electron chi connectivity index (χ0n) is 12.6. The first-order chi connectivity index (χ1) is 9.73. The number of carbonyl (C=O) groups excluding carboxylic acids is 1. The van der Waals surface area contributed by atoms with Gasteiger partial charge in [-0.1, -0.05) is 38.1 Å². The van der Waals surface area contributed by atoms with E-state index in [1.54, 1.807) is 0 Å². The van der Waals surface area contributed by atoms with Crippen LogP contribution in [0.5, 0.6) is 0 Å². The van der Waals surface area contributed by atoms with Gasteiger partial charge in [0, 0.05) is 5.41 Å². The first-order valence-electron chi connectivity index (χ1n) is 7.11. The highest BCUT2D eigenvalue weighted by molar-refractivity contribution is 7.08. The number of aromatic nitrogens is 2. The van der Waals surface area contributed by atoms with Gasteiger partial charge < -0.3 is 10.4 Å². The van der Waals surface area contributed by atoms with Gasteiger partial charge in [-0.3, -0.25) is 9.59 Å². The van der Waals surface area contributed by atoms with Gasteiger partial charge in [-0.05, 0) is 24.4 Å². The lowest BCUT2D eigenvalue weighted by Gasteiger charge is -2.29. The average Bonchev–Trinajstić information content (AvgIpc) is 2.95. The second-order valence-corrected chi connectivity index (χ2v) is 7.47. The number of hydrogen-bond acceptors (Lipinski definition) is 5. The molecule has 1 amide bonds. The summed E-state index contributed by atoms with van der Waals surface area (Å²) < 4.78 is 3.88. The van der Waals surface area contributed by atoms with Crippen LogP contribution in [0, 0.1) is 0 Å². The Bertz CT molecular complexity index is 542. The van der Waals surface area contributed by atoms with Gasteiger partial charge in [0.05, 0.1) is 17.7 Å². The van der Waals surface area contributed by atoms with Crippen LogP contribution in [0.2, 0.25) is 0 Å². The molecule has 21 heavy (non-hydrogen) atoms. The van der Waals surface area contributed by atoms with Crippen LogP contribution in [0.4, 0.5) is 0 Å². The van der Waals surface area contributed by atoms with Crippen molar-refractivity contribution in [1.29, 1.82) is 0 Å². The molecular weight excluding hydrogens is 290 g/mol. The van der Waals surface area contributed by atoms with Gasteiger partial charge >= 0.3 is 5.97 Å². The van der Waals surface area contributed by atoms with Crippen LogP contribution in [-0.4, -0.2) is 32.1 Å². The SMILES string of the molecule is CC(C)(C)c1nnsc1C(=O)NC1(CC(=O)O)CCCC1. The van der Waals surface area contributed by atoms with Gasteiger partial charge in [-0.2, -0.15) is 0 Å². The molecule has 1 aromatic heterocycles. The maximum Gasteiger partial charge on any atom is 0.305 e. The van der Waals surface area contributed by atoms with Crippen molar-refractivity contribution in [3.63, 3.8) is 0 Å². The molecular formula is C14H21N3O3S. The standard InChI is InChI=1S/C14H21N3O3S/c1-13(2,3)11-10(21-17-16-11)12(20)15-14(8-9(18)19)6-4-5-7-14/h4-8H2,1-3H3,(H,15,20)(H,18,19). The van der Waals surface area contributed by atoms with E-state index < -0.39 is 11.5 Å². The molecule has 0 bridgehead atoms. The van der Waals surface area contributed by atoms with Crippen LogP contribution < -0.4 is 5.32 Å². The Labute approximate surface area is 128 Å². The van der Waals surface area contributed by atoms with E-state index in [2.05, 4.69) is 14.9 Å². The first-order valence-corrected chi connectivity index (χ1v) is 7.88. The molecule has 1 fully saturated rings. The molecule has 0 aromatic carbocycles. The highest BCUT2D eigenvalue weighted by atomic mass is 32.1. The first kappa shape index (κ1) is 15.9. The maximum atomic E-state index is 12.5. The summed E-state index contributed by atoms with van der Waals surface area (Å²) in [6, 6.07) is 0. The fraction of sp³-hybridized carbons (Fsp3) is 0.714. The van der Waals surface area contributed by atoms with E-state index >= 15 is 0 Å². The maximum absolute atomic E-state index is 12.5. The Morgan fingerprint density at radius 2 is 1.95 bits per heavy atom. The van der Waals surface area contributed by atoms with Gasteiger partial charge in [0.15, 0.2) is 0 Å². The smallest absolute Gasteiger partial charge is 0.305 e. The van der Waals surface area contributed by atoms with Crippen molar-refractivity contribution in [3.8, 4) is 0 Å². The lowest BCUT2D eigenvalue weighted by molar-refractivity contribution is -0.138. The van der Waals surface area contributed by atoms with Crippen LogP contribution in [0.25, 0.3) is 0 Å². The summed E-state index contributed by atoms with van der Waals surface area (Å²) in [5.74, 6) is -1.13. The number of rotatable bonds is 4. The number of carboxylic acids is 1. The fourth-order valence-corrected chi connectivity index (χ4v) is 3.59. The Balaban J connectivity index is 2.21. The zero-order chi connectivity index (χ0) is 15.7. The minimum Gasteiger partial charge on any atom is -0.481 e. The molecule has 2 rings (SSSR count). The Morgan fingerprint density at radius 1 is 1.33 bits per heavy atom. The summed E-state index contributed by atoms with van der Waals surface area (Å²) in [5.41, 5.74) is -0.231. The summed E-state index contributed by atoms with van der Waals surface area (Å²) in [7, 11) is 0. The number of nitrogens with one attached hydrogen (secondary N) is 1. The molecule has 1 saturated carbocycles. The molecule has 0 aliphatic heterocycles. The summed E-state index contributed by atoms with van der Waals surface area (Å²) in [6.07, 6.45) is 3.28. The molecule has 6 nitrogen and oxygen atoms in total. The third kappa shape index (κ3) is 3.58. The van der Waals surface area contributed by atoms with Gasteiger partial charge in [0.2, 0.25) is 0 Å². The second-order valence-electron chi connectivity index (χ2n) is 6.71. The zero-order valence-corrected chi connectivity index (χ0v) is 13.4. The highest BCUT2D eigenvalue weighted by Crippen LogP contribution is 2.34. The van der Waals surface area contributed by atoms with Gasteiger partial charge in [0.1, 0.15) is 4.88 Å². The highest BCUT2D eigenvalue weighted by Gasteiger charge is 2.39. The number of carboxylic acid groups (broad SMARTS) is 1. The third-order valence-corrected chi connectivity index (χ3v) is 4.56. The van der Waals surface area contributed by atoms with E-state index in [0.29, 0.717) is 23.4 Å². The summed E-state index contributed by atoms with van der Waals surface area (Å²) in [5, 5.41) is 16.1. The van der Waals surface area contributed by atoms with E-state index in [1.165, 1.54) is 0 Å². The number of carbonyl (C=O) groups is 2. The Morgan fingerprint density at radius 3 is 2.48 bits per heavy atom. The van der Waals surface area contributed by atoms with Crippen molar-refractivity contribution < 1.29 is 14.7 Å². The molecule has 2 N–H and O–H groups in total. The Kier molecular flexibility index (Phi) is 4.32. The quantitative estimate of drug-likeness (QED) is 0.890. The van der Waals surface area contributed by atoms with Crippen molar-refractivity contribution in [2.24, 2.45) is 0 Å². The van der Waals surface area contributed by atoms with Crippen molar-refractivity contribution in [2.75, 3.05) is 0 Å². The Hall–Kier alpha value is -1.50. The van der Waals surface area contributed by atoms with E-state index in [9.17, 15) is 9.59 Å². The molecule has 1 aromatic rings. The van der Waals surface area contributed by atoms with Crippen LogP contribution in [-0.2, 0) is 10.2 Å². The van der Waals surface area contributed by atoms with Crippen LogP contribution in [0.3, 0.4) is 0 Å². The lowest BCUT2D eigenvalue weighted by Crippen LogP contribution is -2.48. The predicted molar refractivity (Wildman–Crippen MR) is 79.5 cm³/mol. The van der Waals surface area contributed by atoms with Crippen LogP contribution >= 0.6 is 11.5 Å². The van der Waals surface area contributed by atoms with E-state index in [4.69, 9.17) is 5.11 Å². The van der Waals surface area contributed by atoms with E-state index in [-0.39, 0.29) is 17.7 Å². The van der Waals surface area contributed by atoms with E-state index in [0.717, 1.165) is 24.4 Å². The van der Waals surface area contributed by atoms with E-state index in [1.807, 2.05) is 20.8 Å².